The summed E-state index contributed by atoms with van der Waals surface area (Å²) >= 11 is 1.36. The second kappa shape index (κ2) is 12.9. The molecule has 1 aromatic heterocycles. The molecule has 0 unspecified atom stereocenters. The SMILES string of the molecule is CCC[C@@H](NC(=O)[C@]1(C)CSC(/C(C)=N/O[C@H]2O[C@H](CO)[C@@H](O)[C@@H]3OC(C)(C)O[C@H]23)=N1)c1cc(OCC2CC2)cc(=O)o1. The van der Waals surface area contributed by atoms with Gasteiger partial charge in [-0.1, -0.05) is 18.5 Å². The van der Waals surface area contributed by atoms with Crippen molar-refractivity contribution in [2.45, 2.75) is 108 Å². The largest absolute Gasteiger partial charge is 0.493 e. The Morgan fingerprint density at radius 3 is 2.70 bits per heavy atom. The summed E-state index contributed by atoms with van der Waals surface area (Å²) in [4.78, 5) is 36.1. The first-order valence-corrected chi connectivity index (χ1v) is 15.7. The third-order valence-corrected chi connectivity index (χ3v) is 9.11. The van der Waals surface area contributed by atoms with Crippen LogP contribution in [0.25, 0.3) is 0 Å². The minimum absolute atomic E-state index is 0.314. The maximum Gasteiger partial charge on any atom is 0.339 e. The summed E-state index contributed by atoms with van der Waals surface area (Å²) in [5.74, 6) is 0.384. The number of hydrogen-bond acceptors (Lipinski definition) is 13. The Bertz CT molecular complexity index is 1300. The predicted octanol–water partition coefficient (Wildman–Crippen LogP) is 2.28. The van der Waals surface area contributed by atoms with Crippen LogP contribution in [0, 0.1) is 5.92 Å². The molecule has 3 N–H and O–H groups in total. The van der Waals surface area contributed by atoms with Crippen LogP contribution >= 0.6 is 11.8 Å². The summed E-state index contributed by atoms with van der Waals surface area (Å²) in [6.07, 6.45) is -1.05. The zero-order chi connectivity index (χ0) is 30.9. The molecule has 14 heteroatoms. The number of amides is 1. The third-order valence-electron chi connectivity index (χ3n) is 7.74. The van der Waals surface area contributed by atoms with Gasteiger partial charge in [-0.25, -0.2) is 4.79 Å². The van der Waals surface area contributed by atoms with E-state index in [9.17, 15) is 19.8 Å². The molecular weight excluding hydrogens is 582 g/mol. The first-order valence-electron chi connectivity index (χ1n) is 14.7. The van der Waals surface area contributed by atoms with Crippen LogP contribution in [0.5, 0.6) is 5.75 Å². The first kappa shape index (κ1) is 31.9. The van der Waals surface area contributed by atoms with Gasteiger partial charge in [-0.15, -0.1) is 11.8 Å². The number of aliphatic hydroxyl groups is 2. The number of fused-ring (bicyclic) bond motifs is 1. The van der Waals surface area contributed by atoms with Gasteiger partial charge in [-0.2, -0.15) is 0 Å². The molecule has 4 heterocycles. The number of ether oxygens (including phenoxy) is 4. The van der Waals surface area contributed by atoms with Crippen LogP contribution in [-0.4, -0.2) is 87.9 Å². The summed E-state index contributed by atoms with van der Waals surface area (Å²) in [6, 6.07) is 2.47. The summed E-state index contributed by atoms with van der Waals surface area (Å²) in [7, 11) is 0. The van der Waals surface area contributed by atoms with Crippen LogP contribution in [0.3, 0.4) is 0 Å². The number of nitrogens with one attached hydrogen (secondary N) is 1. The zero-order valence-corrected chi connectivity index (χ0v) is 25.9. The number of carbonyl (C=O) groups excluding carboxylic acids is 1. The van der Waals surface area contributed by atoms with Gasteiger partial charge in [0.15, 0.2) is 11.9 Å². The molecule has 0 spiro atoms. The predicted molar refractivity (Wildman–Crippen MR) is 157 cm³/mol. The molecule has 1 aliphatic carbocycles. The van der Waals surface area contributed by atoms with Gasteiger partial charge in [-0.05, 0) is 52.9 Å². The minimum atomic E-state index is -1.10. The average Bonchev–Trinajstić information content (AvgIpc) is 3.61. The number of oxime groups is 1. The van der Waals surface area contributed by atoms with Crippen molar-refractivity contribution in [2.24, 2.45) is 16.1 Å². The van der Waals surface area contributed by atoms with E-state index >= 15 is 0 Å². The normalized spacial score (nSPS) is 32.6. The molecule has 1 aromatic rings. The Morgan fingerprint density at radius 1 is 1.26 bits per heavy atom. The standard InChI is InChI=1S/C29H41N3O10S/c1-6-7-18(19-10-17(11-21(34)38-19)37-13-16-8-9-16)30-27(36)29(5)14-43-25(31-29)15(2)32-42-26-24-23(40-28(3,4)41-24)22(35)20(12-33)39-26/h10-11,16,18,20,22-24,26,33,35H,6-9,12-14H2,1-5H3,(H,30,36)/b32-15+/t18-,20-,22-,23+,24+,26-,29+/m1/s1. The average molecular weight is 624 g/mol. The molecule has 1 amide bonds. The Hall–Kier alpha value is -2.49. The Labute approximate surface area is 254 Å². The molecule has 1 saturated carbocycles. The molecule has 4 aliphatic rings. The topological polar surface area (TPSA) is 171 Å². The van der Waals surface area contributed by atoms with Gasteiger partial charge in [0, 0.05) is 11.8 Å². The van der Waals surface area contributed by atoms with Crippen molar-refractivity contribution >= 4 is 28.4 Å². The highest BCUT2D eigenvalue weighted by Gasteiger charge is 2.56. The molecule has 5 rings (SSSR count). The molecule has 13 nitrogen and oxygen atoms in total. The molecule has 2 saturated heterocycles. The van der Waals surface area contributed by atoms with E-state index in [0.717, 1.165) is 19.3 Å². The molecule has 7 atom stereocenters. The number of aliphatic hydroxyl groups excluding tert-OH is 2. The van der Waals surface area contributed by atoms with E-state index in [4.69, 9.17) is 28.2 Å². The number of hydrogen-bond donors (Lipinski definition) is 3. The van der Waals surface area contributed by atoms with Crippen molar-refractivity contribution in [3.8, 4) is 5.75 Å². The quantitative estimate of drug-likeness (QED) is 0.231. The molecule has 3 fully saturated rings. The van der Waals surface area contributed by atoms with E-state index in [1.807, 2.05) is 6.92 Å². The molecule has 0 radical (unpaired) electrons. The summed E-state index contributed by atoms with van der Waals surface area (Å²) in [5.41, 5.74) is -1.21. The number of carbonyl (C=O) groups is 1. The molecule has 238 valence electrons. The molecule has 3 aliphatic heterocycles. The van der Waals surface area contributed by atoms with Crippen LogP contribution < -0.4 is 15.7 Å². The van der Waals surface area contributed by atoms with Crippen LogP contribution in [-0.2, 0) is 23.8 Å². The third kappa shape index (κ3) is 7.43. The van der Waals surface area contributed by atoms with E-state index < -0.39 is 60.3 Å². The first-order chi connectivity index (χ1) is 20.4. The lowest BCUT2D eigenvalue weighted by atomic mass is 9.99. The highest BCUT2D eigenvalue weighted by molar-refractivity contribution is 8.16. The minimum Gasteiger partial charge on any atom is -0.493 e. The lowest BCUT2D eigenvalue weighted by molar-refractivity contribution is -0.280. The second-order valence-electron chi connectivity index (χ2n) is 12.1. The van der Waals surface area contributed by atoms with Crippen molar-refractivity contribution in [2.75, 3.05) is 19.0 Å². The smallest absolute Gasteiger partial charge is 0.339 e. The summed E-state index contributed by atoms with van der Waals surface area (Å²) in [5, 5.41) is 27.9. The van der Waals surface area contributed by atoms with Gasteiger partial charge < -0.3 is 43.7 Å². The molecule has 0 aromatic carbocycles. The Balaban J connectivity index is 1.26. The van der Waals surface area contributed by atoms with E-state index in [-0.39, 0.29) is 5.91 Å². The van der Waals surface area contributed by atoms with Crippen LogP contribution in [0.15, 0.2) is 31.5 Å². The van der Waals surface area contributed by atoms with Crippen molar-refractivity contribution in [3.63, 3.8) is 0 Å². The van der Waals surface area contributed by atoms with Crippen molar-refractivity contribution in [1.29, 1.82) is 0 Å². The van der Waals surface area contributed by atoms with Gasteiger partial charge in [0.05, 0.1) is 25.3 Å². The lowest BCUT2D eigenvalue weighted by Crippen LogP contribution is -2.57. The fourth-order valence-corrected chi connectivity index (χ4v) is 6.28. The monoisotopic (exact) mass is 623 g/mol. The number of rotatable bonds is 12. The van der Waals surface area contributed by atoms with Crippen molar-refractivity contribution in [1.82, 2.24) is 5.32 Å². The fourth-order valence-electron chi connectivity index (χ4n) is 5.15. The van der Waals surface area contributed by atoms with Crippen molar-refractivity contribution in [3.05, 3.63) is 28.3 Å². The van der Waals surface area contributed by atoms with Crippen LogP contribution in [0.2, 0.25) is 0 Å². The van der Waals surface area contributed by atoms with Gasteiger partial charge in [0.2, 0.25) is 5.91 Å². The Morgan fingerprint density at radius 2 is 2.00 bits per heavy atom. The highest BCUT2D eigenvalue weighted by Crippen LogP contribution is 2.38. The number of aliphatic imine (C=N–C) groups is 1. The highest BCUT2D eigenvalue weighted by atomic mass is 32.2. The van der Waals surface area contributed by atoms with E-state index in [1.165, 1.54) is 17.8 Å². The molecule has 43 heavy (non-hydrogen) atoms. The lowest BCUT2D eigenvalue weighted by Gasteiger charge is -2.37. The van der Waals surface area contributed by atoms with E-state index in [0.29, 0.717) is 47.0 Å². The van der Waals surface area contributed by atoms with Crippen LogP contribution in [0.1, 0.15) is 72.1 Å². The summed E-state index contributed by atoms with van der Waals surface area (Å²) in [6.45, 7) is 8.97. The zero-order valence-electron chi connectivity index (χ0n) is 25.1. The molecular formula is C29H41N3O10S. The van der Waals surface area contributed by atoms with Gasteiger partial charge in [-0.3, -0.25) is 9.79 Å². The van der Waals surface area contributed by atoms with Gasteiger partial charge in [0.25, 0.3) is 6.29 Å². The van der Waals surface area contributed by atoms with Crippen LogP contribution in [0.4, 0.5) is 0 Å². The Kier molecular flexibility index (Phi) is 9.54. The number of nitrogens with zero attached hydrogens (tertiary/aromatic N) is 2. The maximum atomic E-state index is 13.5. The van der Waals surface area contributed by atoms with E-state index in [2.05, 4.69) is 15.5 Å². The van der Waals surface area contributed by atoms with Gasteiger partial charge >= 0.3 is 5.63 Å². The van der Waals surface area contributed by atoms with E-state index in [1.54, 1.807) is 33.8 Å². The second-order valence-corrected chi connectivity index (χ2v) is 13.1. The van der Waals surface area contributed by atoms with Crippen molar-refractivity contribution < 1.29 is 43.2 Å². The molecule has 0 bridgehead atoms. The fraction of sp³-hybridized carbons (Fsp3) is 0.724. The van der Waals surface area contributed by atoms with Gasteiger partial charge in [0.1, 0.15) is 46.1 Å². The number of thioether (sulfide) groups is 1. The maximum absolute atomic E-state index is 13.5. The summed E-state index contributed by atoms with van der Waals surface area (Å²) < 4.78 is 28.7.